The van der Waals surface area contributed by atoms with Crippen molar-refractivity contribution in [2.45, 2.75) is 45.1 Å². The molecule has 110 valence electrons. The van der Waals surface area contributed by atoms with Gasteiger partial charge in [-0.2, -0.15) is 0 Å². The summed E-state index contributed by atoms with van der Waals surface area (Å²) in [6, 6.07) is 1.71. The number of anilines is 1. The summed E-state index contributed by atoms with van der Waals surface area (Å²) in [6.45, 7) is 4.39. The Morgan fingerprint density at radius 1 is 1.50 bits per heavy atom. The molecule has 0 atom stereocenters. The topological polar surface area (TPSA) is 82.5 Å². The lowest BCUT2D eigenvalue weighted by molar-refractivity contribution is 0.00496. The van der Waals surface area contributed by atoms with E-state index < -0.39 is 11.6 Å². The fraction of sp³-hybridized carbons (Fsp3) is 0.600. The van der Waals surface area contributed by atoms with Crippen LogP contribution in [0.2, 0.25) is 0 Å². The lowest BCUT2D eigenvalue weighted by atomic mass is 9.79. The highest BCUT2D eigenvalue weighted by molar-refractivity contribution is 5.93. The Bertz CT molecular complexity index is 494. The van der Waals surface area contributed by atoms with Crippen molar-refractivity contribution in [2.75, 3.05) is 11.9 Å². The van der Waals surface area contributed by atoms with Gasteiger partial charge in [0, 0.05) is 18.4 Å². The molecule has 1 aliphatic rings. The molecular weight excluding hydrogens is 256 g/mol. The van der Waals surface area contributed by atoms with Gasteiger partial charge < -0.3 is 15.5 Å². The average Bonchev–Trinajstić information content (AvgIpc) is 2.40. The number of carbonyl (C=O) groups is 1. The molecule has 0 amide bonds. The molecule has 1 heterocycles. The Morgan fingerprint density at radius 3 is 2.75 bits per heavy atom. The number of aromatic nitrogens is 1. The van der Waals surface area contributed by atoms with Gasteiger partial charge in [-0.3, -0.25) is 4.98 Å². The minimum absolute atomic E-state index is 0.142. The second-order valence-corrected chi connectivity index (χ2v) is 5.94. The van der Waals surface area contributed by atoms with Crippen LogP contribution in [-0.2, 0) is 0 Å². The van der Waals surface area contributed by atoms with Gasteiger partial charge in [-0.15, -0.1) is 0 Å². The smallest absolute Gasteiger partial charge is 0.339 e. The zero-order valence-electron chi connectivity index (χ0n) is 12.0. The number of nitrogens with zero attached hydrogens (tertiary/aromatic N) is 1. The number of aliphatic hydroxyl groups is 1. The molecule has 0 unspecified atom stereocenters. The van der Waals surface area contributed by atoms with Gasteiger partial charge in [-0.25, -0.2) is 4.79 Å². The largest absolute Gasteiger partial charge is 0.478 e. The highest BCUT2D eigenvalue weighted by atomic mass is 16.4. The standard InChI is InChI=1S/C15H22N2O3/c1-10-3-5-15(20,6-4-10)9-17-13-7-11(2)16-8-12(13)14(18)19/h7-8,10,20H,3-6,9H2,1-2H3,(H,16,17)(H,18,19). The van der Waals surface area contributed by atoms with E-state index >= 15 is 0 Å². The van der Waals surface area contributed by atoms with E-state index in [1.807, 2.05) is 6.92 Å². The minimum atomic E-state index is -1.01. The molecular formula is C15H22N2O3. The molecule has 0 aliphatic heterocycles. The molecule has 0 aromatic carbocycles. The first-order valence-corrected chi connectivity index (χ1v) is 7.06. The van der Waals surface area contributed by atoms with E-state index in [0.717, 1.165) is 31.4 Å². The van der Waals surface area contributed by atoms with E-state index in [2.05, 4.69) is 17.2 Å². The first kappa shape index (κ1) is 14.8. The van der Waals surface area contributed by atoms with Crippen LogP contribution < -0.4 is 5.32 Å². The molecule has 0 radical (unpaired) electrons. The maximum Gasteiger partial charge on any atom is 0.339 e. The summed E-state index contributed by atoms with van der Waals surface area (Å²) in [4.78, 5) is 15.2. The monoisotopic (exact) mass is 278 g/mol. The van der Waals surface area contributed by atoms with Gasteiger partial charge in [0.15, 0.2) is 0 Å². The third-order valence-electron chi connectivity index (χ3n) is 4.08. The second kappa shape index (κ2) is 5.79. The van der Waals surface area contributed by atoms with Gasteiger partial charge in [0.2, 0.25) is 0 Å². The fourth-order valence-electron chi connectivity index (χ4n) is 2.61. The molecule has 2 rings (SSSR count). The number of aryl methyl sites for hydroxylation is 1. The van der Waals surface area contributed by atoms with Crippen molar-refractivity contribution in [2.24, 2.45) is 5.92 Å². The zero-order valence-corrected chi connectivity index (χ0v) is 12.0. The first-order chi connectivity index (χ1) is 9.39. The summed E-state index contributed by atoms with van der Waals surface area (Å²) in [5.41, 5.74) is 0.682. The summed E-state index contributed by atoms with van der Waals surface area (Å²) in [6.07, 6.45) is 4.90. The van der Waals surface area contributed by atoms with Crippen LogP contribution in [0.15, 0.2) is 12.3 Å². The molecule has 1 saturated carbocycles. The number of hydrogen-bond acceptors (Lipinski definition) is 4. The lowest BCUT2D eigenvalue weighted by Crippen LogP contribution is -2.40. The van der Waals surface area contributed by atoms with Crippen LogP contribution in [0.4, 0.5) is 5.69 Å². The maximum atomic E-state index is 11.2. The fourth-order valence-corrected chi connectivity index (χ4v) is 2.61. The van der Waals surface area contributed by atoms with E-state index in [1.54, 1.807) is 6.07 Å². The van der Waals surface area contributed by atoms with E-state index in [4.69, 9.17) is 5.11 Å². The lowest BCUT2D eigenvalue weighted by Gasteiger charge is -2.35. The van der Waals surface area contributed by atoms with Crippen molar-refractivity contribution in [3.63, 3.8) is 0 Å². The van der Waals surface area contributed by atoms with Crippen LogP contribution in [0.1, 0.15) is 48.7 Å². The van der Waals surface area contributed by atoms with Crippen LogP contribution in [0.3, 0.4) is 0 Å². The molecule has 1 fully saturated rings. The number of carboxylic acid groups (broad SMARTS) is 1. The summed E-state index contributed by atoms with van der Waals surface area (Å²) >= 11 is 0. The van der Waals surface area contributed by atoms with Crippen molar-refractivity contribution in [1.82, 2.24) is 4.98 Å². The Morgan fingerprint density at radius 2 is 2.15 bits per heavy atom. The van der Waals surface area contributed by atoms with E-state index in [0.29, 0.717) is 18.2 Å². The number of nitrogens with one attached hydrogen (secondary N) is 1. The quantitative estimate of drug-likeness (QED) is 0.788. The summed E-state index contributed by atoms with van der Waals surface area (Å²) in [7, 11) is 0. The molecule has 3 N–H and O–H groups in total. The number of carboxylic acids is 1. The molecule has 0 spiro atoms. The van der Waals surface area contributed by atoms with Gasteiger partial charge in [-0.05, 0) is 44.6 Å². The van der Waals surface area contributed by atoms with Gasteiger partial charge in [0.1, 0.15) is 5.56 Å². The van der Waals surface area contributed by atoms with Crippen molar-refractivity contribution < 1.29 is 15.0 Å². The number of rotatable bonds is 4. The Kier molecular flexibility index (Phi) is 4.28. The number of pyridine rings is 1. The van der Waals surface area contributed by atoms with Crippen LogP contribution in [-0.4, -0.2) is 33.3 Å². The highest BCUT2D eigenvalue weighted by Crippen LogP contribution is 2.32. The second-order valence-electron chi connectivity index (χ2n) is 5.94. The minimum Gasteiger partial charge on any atom is -0.478 e. The van der Waals surface area contributed by atoms with E-state index in [1.165, 1.54) is 6.20 Å². The van der Waals surface area contributed by atoms with Crippen LogP contribution in [0.5, 0.6) is 0 Å². The first-order valence-electron chi connectivity index (χ1n) is 7.06. The van der Waals surface area contributed by atoms with Crippen molar-refractivity contribution >= 4 is 11.7 Å². The molecule has 1 aliphatic carbocycles. The molecule has 20 heavy (non-hydrogen) atoms. The normalized spacial score (nSPS) is 26.2. The van der Waals surface area contributed by atoms with E-state index in [9.17, 15) is 9.90 Å². The maximum absolute atomic E-state index is 11.2. The van der Waals surface area contributed by atoms with Gasteiger partial charge in [-0.1, -0.05) is 6.92 Å². The highest BCUT2D eigenvalue weighted by Gasteiger charge is 2.31. The average molecular weight is 278 g/mol. The molecule has 1 aromatic rings. The van der Waals surface area contributed by atoms with Gasteiger partial charge >= 0.3 is 5.97 Å². The Labute approximate surface area is 119 Å². The third kappa shape index (κ3) is 3.48. The third-order valence-corrected chi connectivity index (χ3v) is 4.08. The number of hydrogen-bond donors (Lipinski definition) is 3. The molecule has 5 nitrogen and oxygen atoms in total. The van der Waals surface area contributed by atoms with Gasteiger partial charge in [0.25, 0.3) is 0 Å². The summed E-state index contributed by atoms with van der Waals surface area (Å²) in [5.74, 6) is -0.350. The molecule has 1 aromatic heterocycles. The van der Waals surface area contributed by atoms with Gasteiger partial charge in [0.05, 0.1) is 11.3 Å². The predicted molar refractivity (Wildman–Crippen MR) is 77.0 cm³/mol. The van der Waals surface area contributed by atoms with Crippen LogP contribution in [0, 0.1) is 12.8 Å². The Hall–Kier alpha value is -1.62. The SMILES string of the molecule is Cc1cc(NCC2(O)CCC(C)CC2)c(C(=O)O)cn1. The van der Waals surface area contributed by atoms with Crippen LogP contribution >= 0.6 is 0 Å². The summed E-state index contributed by atoms with van der Waals surface area (Å²) < 4.78 is 0. The van der Waals surface area contributed by atoms with Crippen molar-refractivity contribution in [1.29, 1.82) is 0 Å². The predicted octanol–water partition coefficient (Wildman–Crippen LogP) is 2.44. The number of aromatic carboxylic acids is 1. The van der Waals surface area contributed by atoms with Crippen LogP contribution in [0.25, 0.3) is 0 Å². The molecule has 5 heteroatoms. The molecule has 0 saturated heterocycles. The molecule has 0 bridgehead atoms. The Balaban J connectivity index is 2.07. The van der Waals surface area contributed by atoms with Crippen molar-refractivity contribution in [3.8, 4) is 0 Å². The van der Waals surface area contributed by atoms with Crippen molar-refractivity contribution in [3.05, 3.63) is 23.5 Å². The van der Waals surface area contributed by atoms with E-state index in [-0.39, 0.29) is 5.56 Å². The zero-order chi connectivity index (χ0) is 14.8. The summed E-state index contributed by atoms with van der Waals surface area (Å²) in [5, 5.41) is 22.8.